The van der Waals surface area contributed by atoms with Crippen LogP contribution in [0.4, 0.5) is 11.4 Å². The molecule has 0 unspecified atom stereocenters. The van der Waals surface area contributed by atoms with Crippen LogP contribution in [0.1, 0.15) is 43.5 Å². The molecule has 0 aliphatic carbocycles. The number of nitrogens with one attached hydrogen (secondary N) is 2. The van der Waals surface area contributed by atoms with E-state index in [1.165, 1.54) is 23.9 Å². The van der Waals surface area contributed by atoms with Gasteiger partial charge in [-0.05, 0) is 55.9 Å². The summed E-state index contributed by atoms with van der Waals surface area (Å²) in [5.41, 5.74) is 1.01. The van der Waals surface area contributed by atoms with Gasteiger partial charge in [0.15, 0.2) is 0 Å². The van der Waals surface area contributed by atoms with Gasteiger partial charge in [-0.15, -0.1) is 11.8 Å². The molecule has 1 fully saturated rings. The summed E-state index contributed by atoms with van der Waals surface area (Å²) >= 11 is 1.41. The lowest BCUT2D eigenvalue weighted by Gasteiger charge is -2.27. The zero-order valence-electron chi connectivity index (χ0n) is 18.6. The van der Waals surface area contributed by atoms with Crippen LogP contribution in [0.2, 0.25) is 0 Å². The zero-order valence-corrected chi connectivity index (χ0v) is 20.2. The first-order chi connectivity index (χ1) is 15.2. The van der Waals surface area contributed by atoms with Gasteiger partial charge >= 0.3 is 0 Å². The van der Waals surface area contributed by atoms with Crippen molar-refractivity contribution < 1.29 is 18.0 Å². The van der Waals surface area contributed by atoms with Gasteiger partial charge in [-0.25, -0.2) is 8.42 Å². The number of para-hydroxylation sites is 1. The van der Waals surface area contributed by atoms with Crippen molar-refractivity contribution in [2.24, 2.45) is 5.92 Å². The number of thioether (sulfide) groups is 1. The number of piperidine rings is 1. The molecule has 0 spiro atoms. The van der Waals surface area contributed by atoms with Crippen LogP contribution in [-0.4, -0.2) is 44.5 Å². The molecule has 2 aromatic rings. The Hall–Kier alpha value is -2.52. The third-order valence-electron chi connectivity index (χ3n) is 5.31. The van der Waals surface area contributed by atoms with E-state index in [-0.39, 0.29) is 28.3 Å². The molecule has 1 saturated heterocycles. The summed E-state index contributed by atoms with van der Waals surface area (Å²) in [6.07, 6.45) is 4.85. The van der Waals surface area contributed by atoms with E-state index in [4.69, 9.17) is 0 Å². The van der Waals surface area contributed by atoms with E-state index in [9.17, 15) is 18.0 Å². The number of likely N-dealkylation sites (tertiary alicyclic amines) is 1. The van der Waals surface area contributed by atoms with E-state index in [0.717, 1.165) is 24.2 Å². The Balaban J connectivity index is 1.90. The number of carbonyl (C=O) groups is 2. The minimum Gasteiger partial charge on any atom is -0.339 e. The standard InChI is InChI=1S/C23H29N3O4S2/c1-16(2)22(27)24-20-15-17(11-12-21(20)31-3)32(29,30)25-19-10-6-5-9-18(19)23(28)26-13-7-4-8-14-26/h5-6,9-12,15-16,25H,4,7-8,13-14H2,1-3H3,(H,24,27). The lowest BCUT2D eigenvalue weighted by atomic mass is 10.1. The van der Waals surface area contributed by atoms with Crippen molar-refractivity contribution in [1.29, 1.82) is 0 Å². The Morgan fingerprint density at radius 1 is 1.00 bits per heavy atom. The Kier molecular flexibility index (Phi) is 7.84. The molecule has 172 valence electrons. The van der Waals surface area contributed by atoms with Crippen molar-refractivity contribution in [3.63, 3.8) is 0 Å². The largest absolute Gasteiger partial charge is 0.339 e. The molecule has 1 aliphatic rings. The summed E-state index contributed by atoms with van der Waals surface area (Å²) in [7, 11) is -3.98. The number of rotatable bonds is 7. The number of anilines is 2. The fourth-order valence-electron chi connectivity index (χ4n) is 3.46. The molecule has 1 aliphatic heterocycles. The fraction of sp³-hybridized carbons (Fsp3) is 0.391. The molecular weight excluding hydrogens is 446 g/mol. The second-order valence-corrected chi connectivity index (χ2v) is 10.5. The minimum absolute atomic E-state index is 0.00887. The highest BCUT2D eigenvalue weighted by atomic mass is 32.2. The number of sulfonamides is 1. The monoisotopic (exact) mass is 475 g/mol. The summed E-state index contributed by atoms with van der Waals surface area (Å²) in [6, 6.07) is 11.3. The highest BCUT2D eigenvalue weighted by Gasteiger charge is 2.24. The summed E-state index contributed by atoms with van der Waals surface area (Å²) in [6.45, 7) is 4.89. The van der Waals surface area contributed by atoms with Gasteiger partial charge in [-0.2, -0.15) is 0 Å². The Morgan fingerprint density at radius 3 is 2.34 bits per heavy atom. The quantitative estimate of drug-likeness (QED) is 0.578. The summed E-state index contributed by atoms with van der Waals surface area (Å²) in [4.78, 5) is 27.7. The molecule has 0 atom stereocenters. The van der Waals surface area contributed by atoms with E-state index in [1.807, 2.05) is 6.26 Å². The highest BCUT2D eigenvalue weighted by molar-refractivity contribution is 7.98. The van der Waals surface area contributed by atoms with Crippen molar-refractivity contribution in [3.05, 3.63) is 48.0 Å². The molecule has 9 heteroatoms. The van der Waals surface area contributed by atoms with Crippen LogP contribution in [-0.2, 0) is 14.8 Å². The summed E-state index contributed by atoms with van der Waals surface area (Å²) in [5.74, 6) is -0.610. The average Bonchev–Trinajstić information content (AvgIpc) is 2.79. The van der Waals surface area contributed by atoms with Crippen LogP contribution in [0.15, 0.2) is 52.3 Å². The van der Waals surface area contributed by atoms with Crippen LogP contribution >= 0.6 is 11.8 Å². The maximum Gasteiger partial charge on any atom is 0.261 e. The lowest BCUT2D eigenvalue weighted by molar-refractivity contribution is -0.118. The number of amides is 2. The molecule has 1 heterocycles. The van der Waals surface area contributed by atoms with Gasteiger partial charge in [-0.3, -0.25) is 14.3 Å². The average molecular weight is 476 g/mol. The molecule has 32 heavy (non-hydrogen) atoms. The second-order valence-electron chi connectivity index (χ2n) is 8.01. The number of hydrogen-bond donors (Lipinski definition) is 2. The Labute approximate surface area is 194 Å². The van der Waals surface area contributed by atoms with Crippen LogP contribution in [0, 0.1) is 5.92 Å². The molecule has 7 nitrogen and oxygen atoms in total. The van der Waals surface area contributed by atoms with Gasteiger partial charge in [0, 0.05) is 23.9 Å². The van der Waals surface area contributed by atoms with E-state index in [0.29, 0.717) is 24.3 Å². The maximum atomic E-state index is 13.2. The predicted octanol–water partition coefficient (Wildman–Crippen LogP) is 4.43. The van der Waals surface area contributed by atoms with Gasteiger partial charge in [0.25, 0.3) is 15.9 Å². The van der Waals surface area contributed by atoms with Crippen molar-refractivity contribution >= 4 is 45.0 Å². The Morgan fingerprint density at radius 2 is 1.69 bits per heavy atom. The van der Waals surface area contributed by atoms with Crippen LogP contribution < -0.4 is 10.0 Å². The molecule has 2 amide bonds. The third-order valence-corrected chi connectivity index (χ3v) is 7.47. The van der Waals surface area contributed by atoms with Gasteiger partial charge in [0.1, 0.15) is 0 Å². The van der Waals surface area contributed by atoms with Crippen LogP contribution in [0.5, 0.6) is 0 Å². The van der Waals surface area contributed by atoms with E-state index in [2.05, 4.69) is 10.0 Å². The van der Waals surface area contributed by atoms with E-state index < -0.39 is 10.0 Å². The van der Waals surface area contributed by atoms with E-state index in [1.54, 1.807) is 49.1 Å². The summed E-state index contributed by atoms with van der Waals surface area (Å²) in [5, 5.41) is 2.80. The smallest absolute Gasteiger partial charge is 0.261 e. The molecular formula is C23H29N3O4S2. The first kappa shape index (κ1) is 24.1. The highest BCUT2D eigenvalue weighted by Crippen LogP contribution is 2.30. The maximum absolute atomic E-state index is 13.2. The first-order valence-electron chi connectivity index (χ1n) is 10.6. The molecule has 0 bridgehead atoms. The van der Waals surface area contributed by atoms with Crippen molar-refractivity contribution in [3.8, 4) is 0 Å². The van der Waals surface area contributed by atoms with Crippen molar-refractivity contribution in [1.82, 2.24) is 4.90 Å². The zero-order chi connectivity index (χ0) is 23.3. The van der Waals surface area contributed by atoms with Gasteiger partial charge < -0.3 is 10.2 Å². The molecule has 0 radical (unpaired) electrons. The van der Waals surface area contributed by atoms with Gasteiger partial charge in [0.2, 0.25) is 5.91 Å². The normalized spacial score (nSPS) is 14.3. The number of hydrogen-bond acceptors (Lipinski definition) is 5. The molecule has 2 aromatic carbocycles. The molecule has 3 rings (SSSR count). The minimum atomic E-state index is -3.98. The number of carbonyl (C=O) groups excluding carboxylic acids is 2. The molecule has 2 N–H and O–H groups in total. The number of nitrogens with zero attached hydrogens (tertiary/aromatic N) is 1. The Bertz CT molecular complexity index is 1090. The predicted molar refractivity (Wildman–Crippen MR) is 129 cm³/mol. The van der Waals surface area contributed by atoms with Crippen molar-refractivity contribution in [2.75, 3.05) is 29.4 Å². The van der Waals surface area contributed by atoms with E-state index >= 15 is 0 Å². The third kappa shape index (κ3) is 5.63. The SMILES string of the molecule is CSc1ccc(S(=O)(=O)Nc2ccccc2C(=O)N2CCCCC2)cc1NC(=O)C(C)C. The second kappa shape index (κ2) is 10.4. The van der Waals surface area contributed by atoms with Crippen LogP contribution in [0.25, 0.3) is 0 Å². The van der Waals surface area contributed by atoms with Crippen LogP contribution in [0.3, 0.4) is 0 Å². The molecule has 0 saturated carbocycles. The lowest BCUT2D eigenvalue weighted by Crippen LogP contribution is -2.36. The fourth-order valence-corrected chi connectivity index (χ4v) is 5.10. The van der Waals surface area contributed by atoms with Gasteiger partial charge in [-0.1, -0.05) is 26.0 Å². The molecule has 0 aromatic heterocycles. The summed E-state index contributed by atoms with van der Waals surface area (Å²) < 4.78 is 28.9. The van der Waals surface area contributed by atoms with Crippen molar-refractivity contribution in [2.45, 2.75) is 42.9 Å². The van der Waals surface area contributed by atoms with Gasteiger partial charge in [0.05, 0.1) is 21.8 Å². The topological polar surface area (TPSA) is 95.6 Å². The first-order valence-corrected chi connectivity index (χ1v) is 13.3. The number of benzene rings is 2.